The number of carboxylic acids is 1. The molecule has 2 rings (SSSR count). The Morgan fingerprint density at radius 1 is 1.41 bits per heavy atom. The van der Waals surface area contributed by atoms with Crippen molar-refractivity contribution in [2.24, 2.45) is 0 Å². The van der Waals surface area contributed by atoms with Crippen molar-refractivity contribution in [1.82, 2.24) is 0 Å². The zero-order valence-corrected chi connectivity index (χ0v) is 11.0. The number of thioether (sulfide) groups is 1. The fourth-order valence-corrected chi connectivity index (χ4v) is 3.39. The highest BCUT2D eigenvalue weighted by Crippen LogP contribution is 2.28. The molecule has 0 saturated carbocycles. The number of aromatic carboxylic acids is 1. The predicted molar refractivity (Wildman–Crippen MR) is 72.0 cm³/mol. The zero-order chi connectivity index (χ0) is 12.3. The topological polar surface area (TPSA) is 37.3 Å². The molecule has 0 aliphatic heterocycles. The van der Waals surface area contributed by atoms with Gasteiger partial charge in [0.15, 0.2) is 0 Å². The van der Waals surface area contributed by atoms with Gasteiger partial charge in [-0.2, -0.15) is 0 Å². The first-order chi connectivity index (χ1) is 8.16. The van der Waals surface area contributed by atoms with Gasteiger partial charge in [-0.25, -0.2) is 4.79 Å². The van der Waals surface area contributed by atoms with Crippen molar-refractivity contribution in [3.8, 4) is 0 Å². The van der Waals surface area contributed by atoms with Crippen molar-refractivity contribution in [2.45, 2.75) is 17.6 Å². The molecule has 0 saturated heterocycles. The van der Waals surface area contributed by atoms with E-state index in [1.165, 1.54) is 22.5 Å². The number of rotatable bonds is 4. The summed E-state index contributed by atoms with van der Waals surface area (Å²) in [5, 5.41) is 10.7. The number of benzene rings is 1. The summed E-state index contributed by atoms with van der Waals surface area (Å²) in [5.74, 6) is 0.0281. The van der Waals surface area contributed by atoms with E-state index in [2.05, 4.69) is 19.1 Å². The van der Waals surface area contributed by atoms with Gasteiger partial charge in [0.05, 0.1) is 0 Å². The molecule has 1 N–H and O–H groups in total. The van der Waals surface area contributed by atoms with Crippen molar-refractivity contribution < 1.29 is 9.90 Å². The summed E-state index contributed by atoms with van der Waals surface area (Å²) in [7, 11) is 0. The minimum atomic E-state index is -0.849. The highest BCUT2D eigenvalue weighted by atomic mass is 32.2. The Morgan fingerprint density at radius 3 is 2.82 bits per heavy atom. The lowest BCUT2D eigenvalue weighted by Gasteiger charge is -2.03. The Kier molecular flexibility index (Phi) is 3.86. The van der Waals surface area contributed by atoms with Crippen LogP contribution in [-0.4, -0.2) is 11.1 Å². The largest absolute Gasteiger partial charge is 0.477 e. The molecule has 0 spiro atoms. The summed E-state index contributed by atoms with van der Waals surface area (Å²) in [4.78, 5) is 12.2. The second-order valence-electron chi connectivity index (χ2n) is 3.67. The first kappa shape index (κ1) is 12.2. The van der Waals surface area contributed by atoms with Crippen molar-refractivity contribution in [3.63, 3.8) is 0 Å². The lowest BCUT2D eigenvalue weighted by atomic mass is 10.1. The van der Waals surface area contributed by atoms with E-state index < -0.39 is 5.97 Å². The molecule has 0 amide bonds. The average Bonchev–Trinajstić information content (AvgIpc) is 2.77. The fourth-order valence-electron chi connectivity index (χ4n) is 1.44. The molecular formula is C13H12O2S2. The van der Waals surface area contributed by atoms with Gasteiger partial charge < -0.3 is 5.11 Å². The number of aryl methyl sites for hydroxylation is 1. The van der Waals surface area contributed by atoms with E-state index in [1.54, 1.807) is 17.8 Å². The number of hydrogen-bond donors (Lipinski definition) is 1. The molecule has 0 unspecified atom stereocenters. The maximum Gasteiger partial charge on any atom is 0.345 e. The summed E-state index contributed by atoms with van der Waals surface area (Å²) >= 11 is 2.95. The first-order valence-electron chi connectivity index (χ1n) is 5.16. The highest BCUT2D eigenvalue weighted by molar-refractivity contribution is 7.98. The van der Waals surface area contributed by atoms with Crippen LogP contribution in [0.5, 0.6) is 0 Å². The number of carboxylic acid groups (broad SMARTS) is 1. The number of carbonyl (C=O) groups is 1. The summed E-state index contributed by atoms with van der Waals surface area (Å²) in [6.07, 6.45) is 0. The predicted octanol–water partition coefficient (Wildman–Crippen LogP) is 4.05. The van der Waals surface area contributed by atoms with Gasteiger partial charge in [-0.05, 0) is 24.1 Å². The van der Waals surface area contributed by atoms with Crippen molar-refractivity contribution in [2.75, 3.05) is 0 Å². The van der Waals surface area contributed by atoms with Gasteiger partial charge in [-0.15, -0.1) is 23.1 Å². The first-order valence-corrected chi connectivity index (χ1v) is 7.02. The molecule has 1 aromatic carbocycles. The fraction of sp³-hybridized carbons (Fsp3) is 0.154. The monoisotopic (exact) mass is 264 g/mol. The maximum atomic E-state index is 10.7. The van der Waals surface area contributed by atoms with Gasteiger partial charge in [0.2, 0.25) is 0 Å². The molecule has 17 heavy (non-hydrogen) atoms. The van der Waals surface area contributed by atoms with Gasteiger partial charge in [-0.1, -0.05) is 24.3 Å². The Labute approximate surface area is 108 Å². The van der Waals surface area contributed by atoms with E-state index in [4.69, 9.17) is 5.11 Å². The molecular weight excluding hydrogens is 252 g/mol. The quantitative estimate of drug-likeness (QED) is 0.847. The van der Waals surface area contributed by atoms with Crippen LogP contribution < -0.4 is 0 Å². The Bertz CT molecular complexity index is 532. The molecule has 4 heteroatoms. The van der Waals surface area contributed by atoms with Crippen LogP contribution >= 0.6 is 23.1 Å². The van der Waals surface area contributed by atoms with Crippen LogP contribution in [0.25, 0.3) is 0 Å². The van der Waals surface area contributed by atoms with Crippen molar-refractivity contribution in [3.05, 3.63) is 51.7 Å². The van der Waals surface area contributed by atoms with E-state index in [-0.39, 0.29) is 0 Å². The Morgan fingerprint density at radius 2 is 2.18 bits per heavy atom. The number of hydrogen-bond acceptors (Lipinski definition) is 3. The van der Waals surface area contributed by atoms with Gasteiger partial charge in [0.1, 0.15) is 4.88 Å². The van der Waals surface area contributed by atoms with E-state index in [0.29, 0.717) is 4.88 Å². The third kappa shape index (κ3) is 3.11. The second kappa shape index (κ2) is 5.38. The SMILES string of the molecule is Cc1ccccc1CSc1csc(C(=O)O)c1. The summed E-state index contributed by atoms with van der Waals surface area (Å²) in [6.45, 7) is 2.09. The van der Waals surface area contributed by atoms with E-state index in [9.17, 15) is 4.79 Å². The lowest BCUT2D eigenvalue weighted by molar-refractivity contribution is 0.0702. The standard InChI is InChI=1S/C13H12O2S2/c1-9-4-2-3-5-10(9)7-16-11-6-12(13(14)15)17-8-11/h2-6,8H,7H2,1H3,(H,14,15). The summed E-state index contributed by atoms with van der Waals surface area (Å²) in [5.41, 5.74) is 2.56. The summed E-state index contributed by atoms with van der Waals surface area (Å²) in [6, 6.07) is 9.98. The van der Waals surface area contributed by atoms with Gasteiger partial charge in [-0.3, -0.25) is 0 Å². The second-order valence-corrected chi connectivity index (χ2v) is 5.63. The molecule has 0 atom stereocenters. The van der Waals surface area contributed by atoms with Crippen LogP contribution in [0.1, 0.15) is 20.8 Å². The van der Waals surface area contributed by atoms with Gasteiger partial charge in [0, 0.05) is 16.0 Å². The third-order valence-corrected chi connectivity index (χ3v) is 4.53. The molecule has 0 radical (unpaired) electrons. The van der Waals surface area contributed by atoms with Crippen LogP contribution in [0.15, 0.2) is 40.6 Å². The van der Waals surface area contributed by atoms with Crippen LogP contribution in [0, 0.1) is 6.92 Å². The molecule has 2 aromatic rings. The smallest absolute Gasteiger partial charge is 0.345 e. The van der Waals surface area contributed by atoms with E-state index >= 15 is 0 Å². The molecule has 0 aliphatic carbocycles. The maximum absolute atomic E-state index is 10.7. The lowest BCUT2D eigenvalue weighted by Crippen LogP contribution is -1.90. The molecule has 0 aliphatic rings. The molecule has 0 bridgehead atoms. The van der Waals surface area contributed by atoms with Crippen LogP contribution in [0.2, 0.25) is 0 Å². The number of thiophene rings is 1. The highest BCUT2D eigenvalue weighted by Gasteiger charge is 2.07. The van der Waals surface area contributed by atoms with Crippen LogP contribution in [0.3, 0.4) is 0 Å². The van der Waals surface area contributed by atoms with Crippen LogP contribution in [0.4, 0.5) is 0 Å². The normalized spacial score (nSPS) is 10.4. The molecule has 88 valence electrons. The van der Waals surface area contributed by atoms with Crippen molar-refractivity contribution >= 4 is 29.1 Å². The molecule has 2 nitrogen and oxygen atoms in total. The van der Waals surface area contributed by atoms with Crippen molar-refractivity contribution in [1.29, 1.82) is 0 Å². The van der Waals surface area contributed by atoms with Gasteiger partial charge in [0.25, 0.3) is 0 Å². The third-order valence-electron chi connectivity index (χ3n) is 2.44. The molecule has 1 heterocycles. The average molecular weight is 264 g/mol. The minimum absolute atomic E-state index is 0.400. The van der Waals surface area contributed by atoms with Gasteiger partial charge >= 0.3 is 5.97 Å². The molecule has 1 aromatic heterocycles. The molecule has 0 fully saturated rings. The Hall–Kier alpha value is -1.26. The van der Waals surface area contributed by atoms with Crippen LogP contribution in [-0.2, 0) is 5.75 Å². The minimum Gasteiger partial charge on any atom is -0.477 e. The van der Waals surface area contributed by atoms with E-state index in [1.807, 2.05) is 17.5 Å². The Balaban J connectivity index is 2.02. The summed E-state index contributed by atoms with van der Waals surface area (Å²) < 4.78 is 0. The van der Waals surface area contributed by atoms with E-state index in [0.717, 1.165) is 10.6 Å². The zero-order valence-electron chi connectivity index (χ0n) is 9.34.